The molecular weight excluding hydrogens is 312 g/mol. The number of hydrogen-bond acceptors (Lipinski definition) is 6. The highest BCUT2D eigenvalue weighted by Crippen LogP contribution is 2.47. The van der Waals surface area contributed by atoms with E-state index in [0.29, 0.717) is 26.0 Å². The summed E-state index contributed by atoms with van der Waals surface area (Å²) in [4.78, 5) is 18.7. The van der Waals surface area contributed by atoms with Crippen molar-refractivity contribution in [1.82, 2.24) is 9.88 Å². The zero-order valence-electron chi connectivity index (χ0n) is 13.0. The van der Waals surface area contributed by atoms with Crippen molar-refractivity contribution in [3.05, 3.63) is 11.6 Å². The summed E-state index contributed by atoms with van der Waals surface area (Å²) in [7, 11) is 0. The third kappa shape index (κ3) is 2.70. The van der Waals surface area contributed by atoms with Crippen molar-refractivity contribution in [3.8, 4) is 6.07 Å². The Morgan fingerprint density at radius 1 is 1.52 bits per heavy atom. The van der Waals surface area contributed by atoms with Gasteiger partial charge in [-0.05, 0) is 25.7 Å². The van der Waals surface area contributed by atoms with Crippen LogP contribution in [0.2, 0.25) is 0 Å². The Hall–Kier alpha value is -1.65. The highest BCUT2D eigenvalue weighted by atomic mass is 32.1. The molecule has 1 amide bonds. The van der Waals surface area contributed by atoms with Crippen LogP contribution in [0.5, 0.6) is 0 Å². The molecule has 1 aromatic rings. The van der Waals surface area contributed by atoms with E-state index in [4.69, 9.17) is 4.74 Å². The summed E-state index contributed by atoms with van der Waals surface area (Å²) in [5.74, 6) is 0.0130. The molecule has 2 saturated heterocycles. The van der Waals surface area contributed by atoms with Crippen molar-refractivity contribution in [2.75, 3.05) is 25.0 Å². The minimum absolute atomic E-state index is 0.0130. The second-order valence-corrected chi connectivity index (χ2v) is 7.80. The quantitative estimate of drug-likeness (QED) is 0.916. The van der Waals surface area contributed by atoms with Crippen molar-refractivity contribution in [1.29, 1.82) is 5.26 Å². The van der Waals surface area contributed by atoms with Gasteiger partial charge in [-0.15, -0.1) is 11.3 Å². The smallest absolute Gasteiger partial charge is 0.243 e. The van der Waals surface area contributed by atoms with Gasteiger partial charge in [0.05, 0.1) is 24.3 Å². The van der Waals surface area contributed by atoms with E-state index in [0.717, 1.165) is 30.9 Å². The van der Waals surface area contributed by atoms with Gasteiger partial charge in [-0.1, -0.05) is 0 Å². The first-order chi connectivity index (χ1) is 11.1. The summed E-state index contributed by atoms with van der Waals surface area (Å²) < 4.78 is 6.13. The average molecular weight is 332 g/mol. The first-order valence-electron chi connectivity index (χ1n) is 8.15. The number of amides is 1. The fourth-order valence-electron chi connectivity index (χ4n) is 3.76. The number of carbonyl (C=O) groups excluding carboxylic acids is 1. The molecule has 1 saturated carbocycles. The van der Waals surface area contributed by atoms with Crippen LogP contribution in [0.3, 0.4) is 0 Å². The van der Waals surface area contributed by atoms with Crippen molar-refractivity contribution in [2.24, 2.45) is 5.41 Å². The lowest BCUT2D eigenvalue weighted by Gasteiger charge is -2.40. The van der Waals surface area contributed by atoms with Crippen molar-refractivity contribution in [2.45, 2.75) is 43.7 Å². The van der Waals surface area contributed by atoms with E-state index < -0.39 is 5.41 Å². The van der Waals surface area contributed by atoms with Gasteiger partial charge in [-0.2, -0.15) is 5.26 Å². The van der Waals surface area contributed by atoms with Crippen molar-refractivity contribution in [3.63, 3.8) is 0 Å². The van der Waals surface area contributed by atoms with Gasteiger partial charge in [0, 0.05) is 31.1 Å². The molecule has 3 aliphatic rings. The molecule has 2 aliphatic heterocycles. The topological polar surface area (TPSA) is 78.3 Å². The normalized spacial score (nSPS) is 31.8. The highest BCUT2D eigenvalue weighted by molar-refractivity contribution is 7.13. The Bertz CT molecular complexity index is 637. The number of thiazole rings is 1. The minimum Gasteiger partial charge on any atom is -0.371 e. The highest BCUT2D eigenvalue weighted by Gasteiger charge is 2.54. The Kier molecular flexibility index (Phi) is 3.54. The molecule has 1 N–H and O–H groups in total. The number of likely N-dealkylation sites (tertiary alicyclic amines) is 1. The molecule has 0 radical (unpaired) electrons. The number of nitriles is 1. The van der Waals surface area contributed by atoms with Crippen LogP contribution in [0, 0.1) is 16.7 Å². The number of carbonyl (C=O) groups is 1. The van der Waals surface area contributed by atoms with Gasteiger partial charge < -0.3 is 15.0 Å². The standard InChI is InChI=1S/C16H20N4O2S/c17-10-15(3-4-15)13(21)20-6-1-2-16(11-20)8-12(9-22-16)19-14-18-5-7-23-14/h5,7,12H,1-4,6,8-9,11H2,(H,18,19). The number of nitrogens with zero attached hydrogens (tertiary/aromatic N) is 3. The lowest BCUT2D eigenvalue weighted by molar-refractivity contribution is -0.142. The monoisotopic (exact) mass is 332 g/mol. The number of anilines is 1. The number of nitrogens with one attached hydrogen (secondary N) is 1. The number of rotatable bonds is 3. The molecule has 0 aromatic carbocycles. The maximum absolute atomic E-state index is 12.6. The molecule has 122 valence electrons. The molecule has 0 bridgehead atoms. The molecule has 3 heterocycles. The van der Waals surface area contributed by atoms with E-state index in [2.05, 4.69) is 16.4 Å². The number of piperidine rings is 1. The summed E-state index contributed by atoms with van der Waals surface area (Å²) in [5.41, 5.74) is -0.982. The predicted molar refractivity (Wildman–Crippen MR) is 85.9 cm³/mol. The molecule has 2 unspecified atom stereocenters. The fourth-order valence-corrected chi connectivity index (χ4v) is 4.37. The predicted octanol–water partition coefficient (Wildman–Crippen LogP) is 2.01. The van der Waals surface area contributed by atoms with Crippen LogP contribution < -0.4 is 5.32 Å². The second-order valence-electron chi connectivity index (χ2n) is 6.90. The maximum atomic E-state index is 12.6. The third-order valence-electron chi connectivity index (χ3n) is 5.17. The van der Waals surface area contributed by atoms with Crippen molar-refractivity contribution < 1.29 is 9.53 Å². The molecule has 3 fully saturated rings. The molecular formula is C16H20N4O2S. The Balaban J connectivity index is 1.41. The molecule has 7 heteroatoms. The van der Waals surface area contributed by atoms with E-state index in [1.54, 1.807) is 17.5 Å². The minimum atomic E-state index is -0.727. The van der Waals surface area contributed by atoms with Crippen LogP contribution in [0.25, 0.3) is 0 Å². The first kappa shape index (κ1) is 14.9. The van der Waals surface area contributed by atoms with Gasteiger partial charge in [-0.25, -0.2) is 4.98 Å². The number of aromatic nitrogens is 1. The number of hydrogen-bond donors (Lipinski definition) is 1. The molecule has 1 aromatic heterocycles. The van der Waals surface area contributed by atoms with Gasteiger partial charge in [0.25, 0.3) is 0 Å². The zero-order chi connectivity index (χ0) is 15.9. The SMILES string of the molecule is N#CC1(C(=O)N2CCCC3(CC(Nc4nccs4)CO3)C2)CC1. The van der Waals surface area contributed by atoms with Gasteiger partial charge >= 0.3 is 0 Å². The van der Waals surface area contributed by atoms with Crippen molar-refractivity contribution >= 4 is 22.4 Å². The average Bonchev–Trinajstić information content (AvgIpc) is 3.04. The third-order valence-corrected chi connectivity index (χ3v) is 5.87. The lowest BCUT2D eigenvalue weighted by Crippen LogP contribution is -2.52. The number of ether oxygens (including phenoxy) is 1. The summed E-state index contributed by atoms with van der Waals surface area (Å²) >= 11 is 1.59. The van der Waals surface area contributed by atoms with Gasteiger partial charge in [0.15, 0.2) is 5.13 Å². The van der Waals surface area contributed by atoms with Crippen LogP contribution in [0.4, 0.5) is 5.13 Å². The van der Waals surface area contributed by atoms with E-state index in [1.165, 1.54) is 0 Å². The van der Waals surface area contributed by atoms with E-state index in [9.17, 15) is 10.1 Å². The van der Waals surface area contributed by atoms with Gasteiger partial charge in [-0.3, -0.25) is 4.79 Å². The van der Waals surface area contributed by atoms with E-state index in [1.807, 2.05) is 10.3 Å². The molecule has 2 atom stereocenters. The Labute approximate surface area is 139 Å². The zero-order valence-corrected chi connectivity index (χ0v) is 13.8. The summed E-state index contributed by atoms with van der Waals surface area (Å²) in [5, 5.41) is 15.5. The van der Waals surface area contributed by atoms with E-state index >= 15 is 0 Å². The lowest BCUT2D eigenvalue weighted by atomic mass is 9.88. The summed E-state index contributed by atoms with van der Waals surface area (Å²) in [6, 6.07) is 2.45. The Morgan fingerprint density at radius 3 is 3.09 bits per heavy atom. The largest absolute Gasteiger partial charge is 0.371 e. The van der Waals surface area contributed by atoms with E-state index in [-0.39, 0.29) is 17.6 Å². The molecule has 23 heavy (non-hydrogen) atoms. The van der Waals surface area contributed by atoms with Crippen LogP contribution in [-0.4, -0.2) is 47.1 Å². The molecule has 6 nitrogen and oxygen atoms in total. The Morgan fingerprint density at radius 2 is 2.39 bits per heavy atom. The van der Waals surface area contributed by atoms with Gasteiger partial charge in [0.1, 0.15) is 5.41 Å². The second kappa shape index (κ2) is 5.46. The van der Waals surface area contributed by atoms with Crippen LogP contribution in [0.15, 0.2) is 11.6 Å². The first-order valence-corrected chi connectivity index (χ1v) is 9.03. The molecule has 1 spiro atoms. The van der Waals surface area contributed by atoms with Crippen LogP contribution >= 0.6 is 11.3 Å². The molecule has 1 aliphatic carbocycles. The summed E-state index contributed by atoms with van der Waals surface area (Å²) in [6.45, 7) is 2.01. The maximum Gasteiger partial charge on any atom is 0.243 e. The summed E-state index contributed by atoms with van der Waals surface area (Å²) in [6.07, 6.45) is 6.01. The molecule has 4 rings (SSSR count). The van der Waals surface area contributed by atoms with Gasteiger partial charge in [0.2, 0.25) is 5.91 Å². The van der Waals surface area contributed by atoms with Crippen LogP contribution in [0.1, 0.15) is 32.1 Å². The van der Waals surface area contributed by atoms with Crippen LogP contribution in [-0.2, 0) is 9.53 Å². The fraction of sp³-hybridized carbons (Fsp3) is 0.688.